The van der Waals surface area contributed by atoms with Crippen LogP contribution in [0.3, 0.4) is 0 Å². The summed E-state index contributed by atoms with van der Waals surface area (Å²) in [4.78, 5) is 19.3. The number of hydrogen-bond donors (Lipinski definition) is 0. The maximum atomic E-state index is 13.0. The molecule has 1 heterocycles. The first-order valence-electron chi connectivity index (χ1n) is 7.83. The Kier molecular flexibility index (Phi) is 5.32. The summed E-state index contributed by atoms with van der Waals surface area (Å²) in [7, 11) is 0. The Balaban J connectivity index is 2.38. The predicted octanol–water partition coefficient (Wildman–Crippen LogP) is 4.28. The molecule has 0 aliphatic heterocycles. The number of pyridine rings is 1. The van der Waals surface area contributed by atoms with E-state index in [4.69, 9.17) is 0 Å². The molecule has 1 aromatic carbocycles. The number of benzene rings is 1. The topological polar surface area (TPSA) is 33.2 Å². The molecule has 0 radical (unpaired) electrons. The van der Waals surface area contributed by atoms with Crippen LogP contribution in [0, 0.1) is 0 Å². The first-order chi connectivity index (χ1) is 10.2. The lowest BCUT2D eigenvalue weighted by Gasteiger charge is -2.29. The Morgan fingerprint density at radius 3 is 2.76 bits per heavy atom. The van der Waals surface area contributed by atoms with Gasteiger partial charge < -0.3 is 4.90 Å². The monoisotopic (exact) mass is 284 g/mol. The molecule has 3 nitrogen and oxygen atoms in total. The summed E-state index contributed by atoms with van der Waals surface area (Å²) in [6, 6.07) is 9.90. The van der Waals surface area contributed by atoms with E-state index in [0.29, 0.717) is 0 Å². The minimum Gasteiger partial charge on any atom is -0.336 e. The third-order valence-corrected chi connectivity index (χ3v) is 4.01. The van der Waals surface area contributed by atoms with Crippen molar-refractivity contribution in [2.24, 2.45) is 0 Å². The molecule has 0 saturated carbocycles. The van der Waals surface area contributed by atoms with Crippen LogP contribution in [0.5, 0.6) is 0 Å². The molecule has 0 saturated heterocycles. The van der Waals surface area contributed by atoms with E-state index in [1.54, 1.807) is 6.20 Å². The van der Waals surface area contributed by atoms with Crippen LogP contribution in [0.15, 0.2) is 36.5 Å². The zero-order valence-corrected chi connectivity index (χ0v) is 13.2. The molecule has 1 unspecified atom stereocenters. The van der Waals surface area contributed by atoms with Crippen LogP contribution >= 0.6 is 0 Å². The maximum absolute atomic E-state index is 13.0. The second kappa shape index (κ2) is 7.21. The lowest BCUT2D eigenvalue weighted by Crippen LogP contribution is -2.39. The highest BCUT2D eigenvalue weighted by atomic mass is 16.2. The second-order valence-electron chi connectivity index (χ2n) is 5.49. The smallest absolute Gasteiger partial charge is 0.254 e. The Labute approximate surface area is 127 Å². The average Bonchev–Trinajstić information content (AvgIpc) is 2.54. The number of fused-ring (bicyclic) bond motifs is 1. The number of amides is 1. The van der Waals surface area contributed by atoms with Crippen molar-refractivity contribution in [2.45, 2.75) is 46.1 Å². The van der Waals surface area contributed by atoms with Gasteiger partial charge in [-0.1, -0.05) is 32.4 Å². The van der Waals surface area contributed by atoms with Crippen molar-refractivity contribution in [3.63, 3.8) is 0 Å². The summed E-state index contributed by atoms with van der Waals surface area (Å²) in [5, 5.41) is 0.940. The van der Waals surface area contributed by atoms with Gasteiger partial charge in [0.25, 0.3) is 5.91 Å². The van der Waals surface area contributed by atoms with Crippen molar-refractivity contribution in [2.75, 3.05) is 6.54 Å². The van der Waals surface area contributed by atoms with Gasteiger partial charge >= 0.3 is 0 Å². The summed E-state index contributed by atoms with van der Waals surface area (Å²) in [5.74, 6) is 0.122. The molecule has 1 aromatic heterocycles. The first kappa shape index (κ1) is 15.5. The van der Waals surface area contributed by atoms with Gasteiger partial charge in [0.1, 0.15) is 0 Å². The number of nitrogens with zero attached hydrogens (tertiary/aromatic N) is 2. The average molecular weight is 284 g/mol. The molecule has 0 fully saturated rings. The van der Waals surface area contributed by atoms with E-state index >= 15 is 0 Å². The van der Waals surface area contributed by atoms with Crippen LogP contribution < -0.4 is 0 Å². The normalized spacial score (nSPS) is 12.3. The Bertz CT molecular complexity index is 604. The fourth-order valence-electron chi connectivity index (χ4n) is 2.52. The maximum Gasteiger partial charge on any atom is 0.254 e. The van der Waals surface area contributed by atoms with Gasteiger partial charge in [-0.15, -0.1) is 0 Å². The third-order valence-electron chi connectivity index (χ3n) is 4.01. The van der Waals surface area contributed by atoms with E-state index in [-0.39, 0.29) is 11.9 Å². The number of rotatable bonds is 6. The second-order valence-corrected chi connectivity index (χ2v) is 5.49. The van der Waals surface area contributed by atoms with E-state index in [9.17, 15) is 4.79 Å². The molecule has 0 aliphatic rings. The lowest BCUT2D eigenvalue weighted by atomic mass is 10.1. The van der Waals surface area contributed by atoms with Gasteiger partial charge in [0.2, 0.25) is 0 Å². The third kappa shape index (κ3) is 3.41. The van der Waals surface area contributed by atoms with Crippen LogP contribution in [0.4, 0.5) is 0 Å². The van der Waals surface area contributed by atoms with Crippen molar-refractivity contribution in [1.82, 2.24) is 9.88 Å². The van der Waals surface area contributed by atoms with E-state index < -0.39 is 0 Å². The van der Waals surface area contributed by atoms with E-state index in [1.165, 1.54) is 0 Å². The number of carbonyl (C=O) groups excluding carboxylic acids is 1. The number of unbranched alkanes of at least 4 members (excludes halogenated alkanes) is 1. The van der Waals surface area contributed by atoms with Gasteiger partial charge in [0.05, 0.1) is 5.52 Å². The molecule has 0 spiro atoms. The molecule has 2 rings (SSSR count). The Morgan fingerprint density at radius 2 is 2.05 bits per heavy atom. The highest BCUT2D eigenvalue weighted by Crippen LogP contribution is 2.20. The molecule has 21 heavy (non-hydrogen) atoms. The predicted molar refractivity (Wildman–Crippen MR) is 87.4 cm³/mol. The fourth-order valence-corrected chi connectivity index (χ4v) is 2.52. The van der Waals surface area contributed by atoms with E-state index in [1.807, 2.05) is 35.2 Å². The van der Waals surface area contributed by atoms with E-state index in [0.717, 1.165) is 42.3 Å². The van der Waals surface area contributed by atoms with Crippen molar-refractivity contribution in [1.29, 1.82) is 0 Å². The standard InChI is InChI=1S/C18H24N2O/c1-4-6-13-20(14(3)5-2)18(21)16-9-7-11-17-15(16)10-8-12-19-17/h7-12,14H,4-6,13H2,1-3H3. The molecule has 3 heteroatoms. The van der Waals surface area contributed by atoms with Gasteiger partial charge in [0.15, 0.2) is 0 Å². The highest BCUT2D eigenvalue weighted by molar-refractivity contribution is 6.06. The molecule has 1 atom stereocenters. The highest BCUT2D eigenvalue weighted by Gasteiger charge is 2.21. The van der Waals surface area contributed by atoms with Crippen LogP contribution in [-0.4, -0.2) is 28.4 Å². The summed E-state index contributed by atoms with van der Waals surface area (Å²) in [6.07, 6.45) is 4.87. The molecule has 0 bridgehead atoms. The summed E-state index contributed by atoms with van der Waals surface area (Å²) < 4.78 is 0. The van der Waals surface area contributed by atoms with Crippen LogP contribution in [0.25, 0.3) is 10.9 Å². The molecule has 1 amide bonds. The fraction of sp³-hybridized carbons (Fsp3) is 0.444. The van der Waals surface area contributed by atoms with Gasteiger partial charge in [-0.2, -0.15) is 0 Å². The lowest BCUT2D eigenvalue weighted by molar-refractivity contribution is 0.0687. The van der Waals surface area contributed by atoms with Gasteiger partial charge in [-0.3, -0.25) is 9.78 Å². The zero-order chi connectivity index (χ0) is 15.2. The minimum absolute atomic E-state index is 0.122. The largest absolute Gasteiger partial charge is 0.336 e. The quantitative estimate of drug-likeness (QED) is 0.793. The molecule has 2 aromatic rings. The van der Waals surface area contributed by atoms with Crippen LogP contribution in [-0.2, 0) is 0 Å². The van der Waals surface area contributed by atoms with Crippen molar-refractivity contribution >= 4 is 16.8 Å². The SMILES string of the molecule is CCCCN(C(=O)c1cccc2ncccc12)C(C)CC. The van der Waals surface area contributed by atoms with Crippen LogP contribution in [0.2, 0.25) is 0 Å². The van der Waals surface area contributed by atoms with Crippen molar-refractivity contribution in [3.8, 4) is 0 Å². The van der Waals surface area contributed by atoms with E-state index in [2.05, 4.69) is 25.8 Å². The minimum atomic E-state index is 0.122. The van der Waals surface area contributed by atoms with Gasteiger partial charge in [-0.25, -0.2) is 0 Å². The molecule has 0 aliphatic carbocycles. The van der Waals surface area contributed by atoms with Gasteiger partial charge in [-0.05, 0) is 38.0 Å². The molecular formula is C18H24N2O. The van der Waals surface area contributed by atoms with Crippen LogP contribution in [0.1, 0.15) is 50.4 Å². The molecule has 0 N–H and O–H groups in total. The summed E-state index contributed by atoms with van der Waals surface area (Å²) >= 11 is 0. The Hall–Kier alpha value is -1.90. The van der Waals surface area contributed by atoms with Crippen molar-refractivity contribution in [3.05, 3.63) is 42.1 Å². The van der Waals surface area contributed by atoms with Crippen molar-refractivity contribution < 1.29 is 4.79 Å². The first-order valence-corrected chi connectivity index (χ1v) is 7.83. The number of aromatic nitrogens is 1. The Morgan fingerprint density at radius 1 is 1.24 bits per heavy atom. The zero-order valence-electron chi connectivity index (χ0n) is 13.2. The number of carbonyl (C=O) groups is 1. The molecule has 112 valence electrons. The number of hydrogen-bond acceptors (Lipinski definition) is 2. The summed E-state index contributed by atoms with van der Waals surface area (Å²) in [6.45, 7) is 7.22. The molecular weight excluding hydrogens is 260 g/mol. The van der Waals surface area contributed by atoms with Gasteiger partial charge in [0, 0.05) is 29.7 Å². The summed E-state index contributed by atoms with van der Waals surface area (Å²) in [5.41, 5.74) is 1.64.